The monoisotopic (exact) mass is 437 g/mol. The Balaban J connectivity index is 1.20. The van der Waals surface area contributed by atoms with Gasteiger partial charge in [-0.3, -0.25) is 4.90 Å². The molecule has 30 heavy (non-hydrogen) atoms. The number of oxazole rings is 1. The molecule has 0 amide bonds. The van der Waals surface area contributed by atoms with E-state index in [0.29, 0.717) is 12.6 Å². The van der Waals surface area contributed by atoms with Crippen molar-refractivity contribution in [2.45, 2.75) is 32.4 Å². The number of hydrogen-bond acceptors (Lipinski definition) is 7. The van der Waals surface area contributed by atoms with Crippen molar-refractivity contribution in [3.8, 4) is 0 Å². The quantitative estimate of drug-likeness (QED) is 0.404. The summed E-state index contributed by atoms with van der Waals surface area (Å²) in [6.45, 7) is 4.74. The first-order chi connectivity index (χ1) is 14.6. The summed E-state index contributed by atoms with van der Waals surface area (Å²) in [7, 11) is 0. The number of aryl methyl sites for hydroxylation is 1. The van der Waals surface area contributed by atoms with Crippen molar-refractivity contribution >= 4 is 45.5 Å². The molecule has 0 aliphatic carbocycles. The molecule has 0 radical (unpaired) electrons. The van der Waals surface area contributed by atoms with Crippen LogP contribution in [-0.4, -0.2) is 32.8 Å². The minimum Gasteiger partial charge on any atom is -0.440 e. The fourth-order valence-electron chi connectivity index (χ4n) is 3.78. The van der Waals surface area contributed by atoms with Crippen molar-refractivity contribution in [1.82, 2.24) is 19.7 Å². The molecule has 154 valence electrons. The second-order valence-electron chi connectivity index (χ2n) is 7.72. The lowest BCUT2D eigenvalue weighted by atomic mass is 9.97. The van der Waals surface area contributed by atoms with Gasteiger partial charge in [-0.25, -0.2) is 9.67 Å². The zero-order valence-corrected chi connectivity index (χ0v) is 18.4. The summed E-state index contributed by atoms with van der Waals surface area (Å²) in [6.07, 6.45) is 2.05. The second-order valence-corrected chi connectivity index (χ2v) is 9.34. The van der Waals surface area contributed by atoms with Crippen LogP contribution in [0.5, 0.6) is 0 Å². The van der Waals surface area contributed by atoms with Gasteiger partial charge in [0, 0.05) is 24.7 Å². The van der Waals surface area contributed by atoms with Crippen molar-refractivity contribution in [3.05, 3.63) is 63.9 Å². The van der Waals surface area contributed by atoms with E-state index in [1.54, 1.807) is 0 Å². The van der Waals surface area contributed by atoms with Gasteiger partial charge in [0.2, 0.25) is 5.13 Å². The molecule has 3 heterocycles. The first-order valence-electron chi connectivity index (χ1n) is 10.1. The number of anilines is 2. The van der Waals surface area contributed by atoms with Gasteiger partial charge in [-0.2, -0.15) is 0 Å². The first-order valence-corrected chi connectivity index (χ1v) is 11.4. The molecule has 1 saturated heterocycles. The summed E-state index contributed by atoms with van der Waals surface area (Å²) >= 11 is 7.05. The van der Waals surface area contributed by atoms with Gasteiger partial charge < -0.3 is 9.73 Å². The van der Waals surface area contributed by atoms with Gasteiger partial charge in [0.15, 0.2) is 15.4 Å². The van der Waals surface area contributed by atoms with E-state index in [4.69, 9.17) is 16.6 Å². The van der Waals surface area contributed by atoms with Crippen LogP contribution in [0.2, 0.25) is 0 Å². The minimum atomic E-state index is 0.371. The van der Waals surface area contributed by atoms with E-state index >= 15 is 0 Å². The number of para-hydroxylation sites is 2. The first kappa shape index (κ1) is 19.4. The predicted octanol–water partition coefficient (Wildman–Crippen LogP) is 5.70. The highest BCUT2D eigenvalue weighted by Gasteiger charge is 2.25. The number of likely N-dealkylation sites (tertiary alicyclic amines) is 1. The van der Waals surface area contributed by atoms with Crippen molar-refractivity contribution in [3.63, 3.8) is 0 Å². The Bertz CT molecular complexity index is 1170. The summed E-state index contributed by atoms with van der Waals surface area (Å²) in [5, 5.41) is 8.85. The standard InChI is InChI=1S/C22H23N5OS2/c1-15-6-8-17(9-7-15)23-21-25-27(22(29)30-21)14-26-12-10-16(11-13-26)20-24-18-4-2-3-5-19(18)28-20/h2-9,16H,10-14H2,1H3,(H,23,25). The van der Waals surface area contributed by atoms with Crippen LogP contribution in [0.1, 0.15) is 30.2 Å². The third-order valence-corrected chi connectivity index (χ3v) is 6.71. The Morgan fingerprint density at radius 1 is 1.13 bits per heavy atom. The van der Waals surface area contributed by atoms with E-state index in [0.717, 1.165) is 57.7 Å². The molecule has 1 aliphatic rings. The highest BCUT2D eigenvalue weighted by atomic mass is 32.1. The van der Waals surface area contributed by atoms with Crippen LogP contribution in [0.15, 0.2) is 52.9 Å². The SMILES string of the molecule is Cc1ccc(Nc2nn(CN3CCC(c4nc5ccccc5o4)CC3)c(=S)s2)cc1. The van der Waals surface area contributed by atoms with Crippen molar-refractivity contribution in [2.24, 2.45) is 0 Å². The zero-order valence-electron chi connectivity index (χ0n) is 16.7. The minimum absolute atomic E-state index is 0.371. The maximum atomic E-state index is 5.98. The molecule has 4 aromatic rings. The lowest BCUT2D eigenvalue weighted by Gasteiger charge is -2.30. The Labute approximate surface area is 184 Å². The highest BCUT2D eigenvalue weighted by molar-refractivity contribution is 7.73. The third-order valence-electron chi connectivity index (χ3n) is 5.49. The Morgan fingerprint density at radius 2 is 1.90 bits per heavy atom. The largest absolute Gasteiger partial charge is 0.440 e. The average Bonchev–Trinajstić information content (AvgIpc) is 3.33. The normalized spacial score (nSPS) is 15.6. The zero-order chi connectivity index (χ0) is 20.5. The smallest absolute Gasteiger partial charge is 0.209 e. The van der Waals surface area contributed by atoms with Crippen LogP contribution >= 0.6 is 23.6 Å². The molecule has 1 N–H and O–H groups in total. The lowest BCUT2D eigenvalue weighted by molar-refractivity contribution is 0.154. The topological polar surface area (TPSA) is 59.1 Å². The number of nitrogens with one attached hydrogen (secondary N) is 1. The molecule has 2 aromatic carbocycles. The number of rotatable bonds is 5. The number of aromatic nitrogens is 3. The summed E-state index contributed by atoms with van der Waals surface area (Å²) in [5.74, 6) is 1.24. The molecule has 6 nitrogen and oxygen atoms in total. The molecular weight excluding hydrogens is 414 g/mol. The van der Waals surface area contributed by atoms with E-state index in [2.05, 4.69) is 51.5 Å². The van der Waals surface area contributed by atoms with E-state index < -0.39 is 0 Å². The van der Waals surface area contributed by atoms with Gasteiger partial charge in [0.1, 0.15) is 5.52 Å². The molecular formula is C22H23N5OS2. The van der Waals surface area contributed by atoms with Crippen LogP contribution in [0.4, 0.5) is 10.8 Å². The van der Waals surface area contributed by atoms with Crippen LogP contribution in [0, 0.1) is 10.9 Å². The van der Waals surface area contributed by atoms with Crippen molar-refractivity contribution in [1.29, 1.82) is 0 Å². The molecule has 1 aliphatic heterocycles. The van der Waals surface area contributed by atoms with Crippen LogP contribution in [0.25, 0.3) is 11.1 Å². The van der Waals surface area contributed by atoms with Crippen molar-refractivity contribution in [2.75, 3.05) is 18.4 Å². The Hall–Kier alpha value is -2.55. The van der Waals surface area contributed by atoms with Crippen LogP contribution in [0.3, 0.4) is 0 Å². The fraction of sp³-hybridized carbons (Fsp3) is 0.318. The molecule has 0 spiro atoms. The molecule has 1 fully saturated rings. The van der Waals surface area contributed by atoms with Crippen LogP contribution in [-0.2, 0) is 6.67 Å². The molecule has 8 heteroatoms. The van der Waals surface area contributed by atoms with E-state index in [1.807, 2.05) is 28.9 Å². The number of hydrogen-bond donors (Lipinski definition) is 1. The molecule has 0 saturated carbocycles. The van der Waals surface area contributed by atoms with Crippen LogP contribution < -0.4 is 5.32 Å². The molecule has 0 unspecified atom stereocenters. The van der Waals surface area contributed by atoms with Crippen molar-refractivity contribution < 1.29 is 4.42 Å². The van der Waals surface area contributed by atoms with Gasteiger partial charge in [0.25, 0.3) is 0 Å². The maximum absolute atomic E-state index is 5.98. The number of nitrogens with zero attached hydrogens (tertiary/aromatic N) is 4. The lowest BCUT2D eigenvalue weighted by Crippen LogP contribution is -2.34. The predicted molar refractivity (Wildman–Crippen MR) is 123 cm³/mol. The van der Waals surface area contributed by atoms with E-state index in [9.17, 15) is 0 Å². The third kappa shape index (κ3) is 4.16. The number of piperidine rings is 1. The van der Waals surface area contributed by atoms with Gasteiger partial charge >= 0.3 is 0 Å². The summed E-state index contributed by atoms with van der Waals surface area (Å²) in [4.78, 5) is 7.08. The summed E-state index contributed by atoms with van der Waals surface area (Å²) < 4.78 is 8.67. The van der Waals surface area contributed by atoms with Gasteiger partial charge in [-0.15, -0.1) is 5.10 Å². The Morgan fingerprint density at radius 3 is 2.67 bits per heavy atom. The highest BCUT2D eigenvalue weighted by Crippen LogP contribution is 2.30. The maximum Gasteiger partial charge on any atom is 0.209 e. The number of fused-ring (bicyclic) bond motifs is 1. The summed E-state index contributed by atoms with van der Waals surface area (Å²) in [6, 6.07) is 16.2. The fourth-order valence-corrected chi connectivity index (χ4v) is 4.79. The molecule has 0 atom stereocenters. The molecule has 5 rings (SSSR count). The van der Waals surface area contributed by atoms with Gasteiger partial charge in [-0.05, 0) is 56.2 Å². The summed E-state index contributed by atoms with van der Waals surface area (Å²) in [5.41, 5.74) is 4.07. The number of benzene rings is 2. The molecule has 0 bridgehead atoms. The molecule has 2 aromatic heterocycles. The second kappa shape index (κ2) is 8.29. The van der Waals surface area contributed by atoms with Gasteiger partial charge in [0.05, 0.1) is 6.67 Å². The van der Waals surface area contributed by atoms with E-state index in [-0.39, 0.29) is 0 Å². The Kier molecular flexibility index (Phi) is 5.37. The average molecular weight is 438 g/mol. The van der Waals surface area contributed by atoms with Gasteiger partial charge in [-0.1, -0.05) is 41.2 Å². The van der Waals surface area contributed by atoms with E-state index in [1.165, 1.54) is 16.9 Å².